The van der Waals surface area contributed by atoms with E-state index in [4.69, 9.17) is 5.73 Å². The highest BCUT2D eigenvalue weighted by Crippen LogP contribution is 2.28. The lowest BCUT2D eigenvalue weighted by Gasteiger charge is -2.04. The number of nitrogens with two attached hydrogens (primary N) is 1. The first-order valence-electron chi connectivity index (χ1n) is 5.21. The topological polar surface area (TPSA) is 56.2 Å². The van der Waals surface area contributed by atoms with Crippen molar-refractivity contribution in [3.8, 4) is 11.4 Å². The SMILES string of the molecule is Nc1cc(Br)ccc1-c1nnc2ccc(Br)cn12. The maximum atomic E-state index is 6.02. The lowest BCUT2D eigenvalue weighted by atomic mass is 10.2. The Labute approximate surface area is 120 Å². The Morgan fingerprint density at radius 1 is 1.00 bits per heavy atom. The van der Waals surface area contributed by atoms with Crippen LogP contribution in [0.1, 0.15) is 0 Å². The van der Waals surface area contributed by atoms with Crippen molar-refractivity contribution in [3.05, 3.63) is 45.5 Å². The minimum Gasteiger partial charge on any atom is -0.398 e. The van der Waals surface area contributed by atoms with Crippen LogP contribution in [-0.4, -0.2) is 14.6 Å². The molecule has 90 valence electrons. The van der Waals surface area contributed by atoms with Gasteiger partial charge in [-0.1, -0.05) is 15.9 Å². The second-order valence-electron chi connectivity index (χ2n) is 3.83. The van der Waals surface area contributed by atoms with Crippen molar-refractivity contribution in [3.63, 3.8) is 0 Å². The molecule has 0 saturated carbocycles. The van der Waals surface area contributed by atoms with Gasteiger partial charge < -0.3 is 5.73 Å². The highest BCUT2D eigenvalue weighted by molar-refractivity contribution is 9.10. The van der Waals surface area contributed by atoms with Gasteiger partial charge in [0, 0.05) is 26.4 Å². The van der Waals surface area contributed by atoms with Crippen molar-refractivity contribution in [2.75, 3.05) is 5.73 Å². The third-order valence-electron chi connectivity index (χ3n) is 2.62. The maximum absolute atomic E-state index is 6.02. The summed E-state index contributed by atoms with van der Waals surface area (Å²) in [5, 5.41) is 8.32. The van der Waals surface area contributed by atoms with Gasteiger partial charge >= 0.3 is 0 Å². The molecule has 0 unspecified atom stereocenters. The van der Waals surface area contributed by atoms with E-state index in [1.54, 1.807) is 0 Å². The van der Waals surface area contributed by atoms with Crippen LogP contribution in [0.5, 0.6) is 0 Å². The zero-order chi connectivity index (χ0) is 12.7. The number of fused-ring (bicyclic) bond motifs is 1. The first-order valence-corrected chi connectivity index (χ1v) is 6.79. The summed E-state index contributed by atoms with van der Waals surface area (Å²) in [4.78, 5) is 0. The van der Waals surface area contributed by atoms with Crippen molar-refractivity contribution in [2.45, 2.75) is 0 Å². The van der Waals surface area contributed by atoms with Gasteiger partial charge in [-0.15, -0.1) is 10.2 Å². The number of hydrogen-bond donors (Lipinski definition) is 1. The van der Waals surface area contributed by atoms with Crippen molar-refractivity contribution < 1.29 is 0 Å². The van der Waals surface area contributed by atoms with E-state index in [0.717, 1.165) is 26.0 Å². The van der Waals surface area contributed by atoms with Crippen LogP contribution in [0, 0.1) is 0 Å². The Morgan fingerprint density at radius 2 is 1.78 bits per heavy atom. The molecule has 0 fully saturated rings. The molecule has 0 aliphatic carbocycles. The molecule has 0 saturated heterocycles. The number of anilines is 1. The molecule has 0 bridgehead atoms. The molecule has 0 amide bonds. The highest BCUT2D eigenvalue weighted by atomic mass is 79.9. The Bertz CT molecular complexity index is 736. The van der Waals surface area contributed by atoms with Crippen LogP contribution in [0.3, 0.4) is 0 Å². The molecule has 0 spiro atoms. The van der Waals surface area contributed by atoms with Crippen LogP contribution >= 0.6 is 31.9 Å². The van der Waals surface area contributed by atoms with Crippen LogP contribution in [-0.2, 0) is 0 Å². The third kappa shape index (κ3) is 1.91. The number of nitrogen functional groups attached to an aromatic ring is 1. The first-order chi connectivity index (χ1) is 8.65. The van der Waals surface area contributed by atoms with E-state index in [2.05, 4.69) is 42.1 Å². The van der Waals surface area contributed by atoms with Gasteiger partial charge in [0.25, 0.3) is 0 Å². The Morgan fingerprint density at radius 3 is 2.56 bits per heavy atom. The molecule has 18 heavy (non-hydrogen) atoms. The minimum absolute atomic E-state index is 0.665. The largest absolute Gasteiger partial charge is 0.398 e. The molecule has 2 aromatic heterocycles. The van der Waals surface area contributed by atoms with Gasteiger partial charge in [-0.05, 0) is 46.3 Å². The third-order valence-corrected chi connectivity index (χ3v) is 3.58. The monoisotopic (exact) mass is 366 g/mol. The fourth-order valence-electron chi connectivity index (χ4n) is 1.79. The predicted octanol–water partition coefficient (Wildman–Crippen LogP) is 3.50. The molecule has 0 radical (unpaired) electrons. The number of hydrogen-bond acceptors (Lipinski definition) is 3. The smallest absolute Gasteiger partial charge is 0.170 e. The van der Waals surface area contributed by atoms with E-state index < -0.39 is 0 Å². The summed E-state index contributed by atoms with van der Waals surface area (Å²) in [6.45, 7) is 0. The fourth-order valence-corrected chi connectivity index (χ4v) is 2.50. The molecule has 4 nitrogen and oxygen atoms in total. The van der Waals surface area contributed by atoms with Gasteiger partial charge in [0.1, 0.15) is 0 Å². The second kappa shape index (κ2) is 4.37. The number of benzene rings is 1. The molecule has 0 aliphatic rings. The Hall–Kier alpha value is -1.40. The quantitative estimate of drug-likeness (QED) is 0.669. The van der Waals surface area contributed by atoms with E-state index in [1.165, 1.54) is 0 Å². The summed E-state index contributed by atoms with van der Waals surface area (Å²) < 4.78 is 3.81. The van der Waals surface area contributed by atoms with Gasteiger partial charge in [0.2, 0.25) is 0 Å². The lowest BCUT2D eigenvalue weighted by molar-refractivity contribution is 1.11. The summed E-state index contributed by atoms with van der Waals surface area (Å²) in [5.74, 6) is 0.733. The molecule has 1 aromatic carbocycles. The summed E-state index contributed by atoms with van der Waals surface area (Å²) in [5.41, 5.74) is 8.34. The average Bonchev–Trinajstić information content (AvgIpc) is 2.72. The van der Waals surface area contributed by atoms with Crippen LogP contribution in [0.15, 0.2) is 45.5 Å². The standard InChI is InChI=1S/C12H8Br2N4/c13-7-1-3-9(10(15)5-7)12-17-16-11-4-2-8(14)6-18(11)12/h1-6H,15H2. The van der Waals surface area contributed by atoms with Crippen LogP contribution in [0.4, 0.5) is 5.69 Å². The molecule has 3 aromatic rings. The molecular weight excluding hydrogens is 360 g/mol. The van der Waals surface area contributed by atoms with E-state index in [1.807, 2.05) is 40.9 Å². The molecule has 6 heteroatoms. The number of aromatic nitrogens is 3. The van der Waals surface area contributed by atoms with Crippen molar-refractivity contribution in [2.24, 2.45) is 0 Å². The first kappa shape index (κ1) is 11.7. The van der Waals surface area contributed by atoms with Gasteiger partial charge in [-0.25, -0.2) is 0 Å². The van der Waals surface area contributed by atoms with E-state index >= 15 is 0 Å². The minimum atomic E-state index is 0.665. The lowest BCUT2D eigenvalue weighted by Crippen LogP contribution is -1.94. The van der Waals surface area contributed by atoms with Crippen LogP contribution < -0.4 is 5.73 Å². The highest BCUT2D eigenvalue weighted by Gasteiger charge is 2.11. The Balaban J connectivity index is 2.28. The van der Waals surface area contributed by atoms with Crippen molar-refractivity contribution in [1.82, 2.24) is 14.6 Å². The van der Waals surface area contributed by atoms with E-state index in [0.29, 0.717) is 5.69 Å². The Kier molecular flexibility index (Phi) is 2.83. The fraction of sp³-hybridized carbons (Fsp3) is 0. The van der Waals surface area contributed by atoms with Crippen molar-refractivity contribution in [1.29, 1.82) is 0 Å². The van der Waals surface area contributed by atoms with Gasteiger partial charge in [0.05, 0.1) is 0 Å². The van der Waals surface area contributed by atoms with Crippen LogP contribution in [0.2, 0.25) is 0 Å². The van der Waals surface area contributed by atoms with Gasteiger partial charge in [-0.2, -0.15) is 0 Å². The number of halogens is 2. The molecule has 0 aliphatic heterocycles. The summed E-state index contributed by atoms with van der Waals surface area (Å²) >= 11 is 6.83. The molecular formula is C12H8Br2N4. The van der Waals surface area contributed by atoms with Gasteiger partial charge in [0.15, 0.2) is 11.5 Å². The number of rotatable bonds is 1. The summed E-state index contributed by atoms with van der Waals surface area (Å²) in [7, 11) is 0. The second-order valence-corrected chi connectivity index (χ2v) is 5.66. The zero-order valence-electron chi connectivity index (χ0n) is 9.14. The molecule has 0 atom stereocenters. The molecule has 3 rings (SSSR count). The number of nitrogens with zero attached hydrogens (tertiary/aromatic N) is 3. The summed E-state index contributed by atoms with van der Waals surface area (Å²) in [6.07, 6.45) is 1.92. The maximum Gasteiger partial charge on any atom is 0.170 e. The molecule has 2 heterocycles. The zero-order valence-corrected chi connectivity index (χ0v) is 12.3. The predicted molar refractivity (Wildman–Crippen MR) is 78.2 cm³/mol. The van der Waals surface area contributed by atoms with E-state index in [-0.39, 0.29) is 0 Å². The van der Waals surface area contributed by atoms with Gasteiger partial charge in [-0.3, -0.25) is 4.40 Å². The van der Waals surface area contributed by atoms with Crippen LogP contribution in [0.25, 0.3) is 17.0 Å². The van der Waals surface area contributed by atoms with Crippen molar-refractivity contribution >= 4 is 43.2 Å². The average molecular weight is 368 g/mol. The number of pyridine rings is 1. The molecule has 2 N–H and O–H groups in total. The normalized spacial score (nSPS) is 11.0. The summed E-state index contributed by atoms with van der Waals surface area (Å²) in [6, 6.07) is 9.55. The van der Waals surface area contributed by atoms with E-state index in [9.17, 15) is 0 Å².